The molecule has 0 saturated carbocycles. The number of aryl methyl sites for hydroxylation is 1. The van der Waals surface area contributed by atoms with Crippen LogP contribution in [0.25, 0.3) is 0 Å². The summed E-state index contributed by atoms with van der Waals surface area (Å²) in [5, 5.41) is 0. The number of ether oxygens (including phenoxy) is 1. The van der Waals surface area contributed by atoms with Gasteiger partial charge in [-0.15, -0.1) is 0 Å². The van der Waals surface area contributed by atoms with E-state index in [4.69, 9.17) is 0 Å². The van der Waals surface area contributed by atoms with E-state index in [1.54, 1.807) is 6.92 Å². The van der Waals surface area contributed by atoms with Gasteiger partial charge in [0.2, 0.25) is 0 Å². The molecule has 0 unspecified atom stereocenters. The molecule has 3 nitrogen and oxygen atoms in total. The molecule has 1 aromatic heterocycles. The third-order valence-corrected chi connectivity index (χ3v) is 2.07. The summed E-state index contributed by atoms with van der Waals surface area (Å²) in [4.78, 5) is 14.7. The maximum absolute atomic E-state index is 12.6. The third-order valence-electron chi connectivity index (χ3n) is 2.07. The summed E-state index contributed by atoms with van der Waals surface area (Å²) in [5.74, 6) is -0.881. The Morgan fingerprint density at radius 2 is 2.12 bits per heavy atom. The fourth-order valence-corrected chi connectivity index (χ4v) is 1.25. The number of hydrogen-bond acceptors (Lipinski definition) is 3. The van der Waals surface area contributed by atoms with Crippen LogP contribution in [-0.2, 0) is 17.3 Å². The summed E-state index contributed by atoms with van der Waals surface area (Å²) in [6.07, 6.45) is -3.24. The van der Waals surface area contributed by atoms with Gasteiger partial charge in [-0.2, -0.15) is 13.2 Å². The summed E-state index contributed by atoms with van der Waals surface area (Å²) < 4.78 is 42.1. The maximum atomic E-state index is 12.6. The zero-order valence-electron chi connectivity index (χ0n) is 8.76. The largest absolute Gasteiger partial charge is 0.464 e. The minimum atomic E-state index is -4.49. The van der Waals surface area contributed by atoms with Crippen LogP contribution < -0.4 is 0 Å². The van der Waals surface area contributed by atoms with Gasteiger partial charge in [0, 0.05) is 6.20 Å². The van der Waals surface area contributed by atoms with Crippen LogP contribution in [0, 0.1) is 0 Å². The van der Waals surface area contributed by atoms with Crippen molar-refractivity contribution in [3.63, 3.8) is 0 Å². The number of rotatable bonds is 2. The Labute approximate surface area is 90.2 Å². The topological polar surface area (TPSA) is 39.2 Å². The molecule has 0 amide bonds. The second-order valence-electron chi connectivity index (χ2n) is 3.07. The summed E-state index contributed by atoms with van der Waals surface area (Å²) in [7, 11) is 1.09. The van der Waals surface area contributed by atoms with E-state index >= 15 is 0 Å². The first-order valence-corrected chi connectivity index (χ1v) is 4.54. The van der Waals surface area contributed by atoms with Crippen molar-refractivity contribution in [2.75, 3.05) is 7.11 Å². The number of carbonyl (C=O) groups is 1. The first kappa shape index (κ1) is 12.5. The molecule has 0 bridgehead atoms. The normalized spacial score (nSPS) is 11.3. The Kier molecular flexibility index (Phi) is 3.51. The lowest BCUT2D eigenvalue weighted by molar-refractivity contribution is -0.138. The van der Waals surface area contributed by atoms with E-state index < -0.39 is 17.7 Å². The Bertz CT molecular complexity index is 402. The van der Waals surface area contributed by atoms with Crippen molar-refractivity contribution in [2.24, 2.45) is 0 Å². The molecule has 0 atom stereocenters. The van der Waals surface area contributed by atoms with Crippen molar-refractivity contribution in [2.45, 2.75) is 19.5 Å². The van der Waals surface area contributed by atoms with Crippen LogP contribution in [0.15, 0.2) is 12.3 Å². The Balaban J connectivity index is 3.27. The number of aromatic nitrogens is 1. The van der Waals surface area contributed by atoms with E-state index in [0.29, 0.717) is 6.07 Å². The van der Waals surface area contributed by atoms with Crippen LogP contribution in [0.4, 0.5) is 13.2 Å². The van der Waals surface area contributed by atoms with Gasteiger partial charge < -0.3 is 4.74 Å². The quantitative estimate of drug-likeness (QED) is 0.736. The predicted molar refractivity (Wildman–Crippen MR) is 50.0 cm³/mol. The lowest BCUT2D eigenvalue weighted by Gasteiger charge is -2.11. The average Bonchev–Trinajstić information content (AvgIpc) is 2.26. The number of halogens is 3. The number of methoxy groups -OCH3 is 1. The van der Waals surface area contributed by atoms with Crippen LogP contribution in [0.2, 0.25) is 0 Å². The molecule has 0 aliphatic carbocycles. The predicted octanol–water partition coefficient (Wildman–Crippen LogP) is 2.45. The summed E-state index contributed by atoms with van der Waals surface area (Å²) >= 11 is 0. The van der Waals surface area contributed by atoms with Crippen molar-refractivity contribution < 1.29 is 22.7 Å². The highest BCUT2D eigenvalue weighted by atomic mass is 19.4. The van der Waals surface area contributed by atoms with Gasteiger partial charge >= 0.3 is 12.1 Å². The SMILES string of the molecule is CCc1cnc(C(=O)OC)cc1C(F)(F)F. The molecular weight excluding hydrogens is 223 g/mol. The maximum Gasteiger partial charge on any atom is 0.416 e. The molecule has 1 aromatic rings. The Morgan fingerprint density at radius 1 is 1.50 bits per heavy atom. The molecule has 0 aromatic carbocycles. The second kappa shape index (κ2) is 4.51. The van der Waals surface area contributed by atoms with Gasteiger partial charge in [-0.05, 0) is 18.1 Å². The Hall–Kier alpha value is -1.59. The van der Waals surface area contributed by atoms with Crippen molar-refractivity contribution >= 4 is 5.97 Å². The van der Waals surface area contributed by atoms with E-state index in [1.807, 2.05) is 0 Å². The zero-order valence-corrected chi connectivity index (χ0v) is 8.76. The smallest absolute Gasteiger partial charge is 0.416 e. The van der Waals surface area contributed by atoms with Crippen molar-refractivity contribution in [3.05, 3.63) is 29.1 Å². The van der Waals surface area contributed by atoms with Gasteiger partial charge in [0.1, 0.15) is 5.69 Å². The Morgan fingerprint density at radius 3 is 2.56 bits per heavy atom. The van der Waals surface area contributed by atoms with E-state index in [2.05, 4.69) is 9.72 Å². The summed E-state index contributed by atoms with van der Waals surface area (Å²) in [6.45, 7) is 1.59. The monoisotopic (exact) mass is 233 g/mol. The van der Waals surface area contributed by atoms with Crippen molar-refractivity contribution in [1.82, 2.24) is 4.98 Å². The number of nitrogens with zero attached hydrogens (tertiary/aromatic N) is 1. The van der Waals surface area contributed by atoms with Crippen LogP contribution >= 0.6 is 0 Å². The van der Waals surface area contributed by atoms with Gasteiger partial charge in [0.05, 0.1) is 12.7 Å². The van der Waals surface area contributed by atoms with Crippen LogP contribution in [0.1, 0.15) is 28.5 Å². The fraction of sp³-hybridized carbons (Fsp3) is 0.400. The van der Waals surface area contributed by atoms with Crippen molar-refractivity contribution in [1.29, 1.82) is 0 Å². The molecule has 0 aliphatic rings. The van der Waals surface area contributed by atoms with E-state index in [9.17, 15) is 18.0 Å². The lowest BCUT2D eigenvalue weighted by atomic mass is 10.1. The molecule has 1 rings (SSSR count). The minimum Gasteiger partial charge on any atom is -0.464 e. The standard InChI is InChI=1S/C10H10F3NO2/c1-3-6-5-14-8(9(15)16-2)4-7(6)10(11,12)13/h4-5H,3H2,1-2H3. The van der Waals surface area contributed by atoms with E-state index in [0.717, 1.165) is 13.3 Å². The van der Waals surface area contributed by atoms with Gasteiger partial charge in [0.25, 0.3) is 0 Å². The molecule has 0 saturated heterocycles. The fourth-order valence-electron chi connectivity index (χ4n) is 1.25. The number of pyridine rings is 1. The highest BCUT2D eigenvalue weighted by molar-refractivity contribution is 5.87. The first-order valence-electron chi connectivity index (χ1n) is 4.54. The molecule has 16 heavy (non-hydrogen) atoms. The zero-order chi connectivity index (χ0) is 12.3. The molecular formula is C10H10F3NO2. The van der Waals surface area contributed by atoms with Crippen LogP contribution in [0.5, 0.6) is 0 Å². The number of esters is 1. The number of carbonyl (C=O) groups excluding carboxylic acids is 1. The van der Waals surface area contributed by atoms with E-state index in [-0.39, 0.29) is 17.7 Å². The molecule has 6 heteroatoms. The molecule has 0 spiro atoms. The van der Waals surface area contributed by atoms with Crippen molar-refractivity contribution in [3.8, 4) is 0 Å². The van der Waals surface area contributed by atoms with E-state index in [1.165, 1.54) is 0 Å². The molecule has 1 heterocycles. The third kappa shape index (κ3) is 2.50. The first-order chi connectivity index (χ1) is 7.40. The van der Waals surface area contributed by atoms with Gasteiger partial charge in [-0.25, -0.2) is 9.78 Å². The van der Waals surface area contributed by atoms with Gasteiger partial charge in [-0.3, -0.25) is 0 Å². The van der Waals surface area contributed by atoms with Crippen LogP contribution in [-0.4, -0.2) is 18.1 Å². The molecule has 0 aliphatic heterocycles. The summed E-state index contributed by atoms with van der Waals surface area (Å²) in [6, 6.07) is 0.713. The molecule has 88 valence electrons. The highest BCUT2D eigenvalue weighted by Gasteiger charge is 2.34. The van der Waals surface area contributed by atoms with Gasteiger partial charge in [0.15, 0.2) is 0 Å². The number of alkyl halides is 3. The average molecular weight is 233 g/mol. The molecule has 0 fully saturated rings. The second-order valence-corrected chi connectivity index (χ2v) is 3.07. The van der Waals surface area contributed by atoms with Gasteiger partial charge in [-0.1, -0.05) is 6.92 Å². The highest BCUT2D eigenvalue weighted by Crippen LogP contribution is 2.32. The minimum absolute atomic E-state index is 0.0557. The molecule has 0 N–H and O–H groups in total. The van der Waals surface area contributed by atoms with Crippen LogP contribution in [0.3, 0.4) is 0 Å². The summed E-state index contributed by atoms with van der Waals surface area (Å²) in [5.41, 5.74) is -1.13. The molecule has 0 radical (unpaired) electrons. The lowest BCUT2D eigenvalue weighted by Crippen LogP contribution is -2.13. The number of hydrogen-bond donors (Lipinski definition) is 0.